The van der Waals surface area contributed by atoms with Crippen LogP contribution in [0.4, 0.5) is 5.82 Å². The third kappa shape index (κ3) is 3.45. The van der Waals surface area contributed by atoms with Gasteiger partial charge in [-0.05, 0) is 51.3 Å². The first kappa shape index (κ1) is 14.7. The summed E-state index contributed by atoms with van der Waals surface area (Å²) in [6, 6.07) is 2.23. The second-order valence-corrected chi connectivity index (χ2v) is 5.74. The van der Waals surface area contributed by atoms with Gasteiger partial charge >= 0.3 is 0 Å². The topological polar surface area (TPSA) is 64.8 Å². The zero-order valence-corrected chi connectivity index (χ0v) is 12.6. The molecule has 1 fully saturated rings. The highest BCUT2D eigenvalue weighted by Crippen LogP contribution is 2.17. The molecule has 0 bridgehead atoms. The van der Waals surface area contributed by atoms with Crippen molar-refractivity contribution >= 4 is 5.82 Å². The highest BCUT2D eigenvalue weighted by Gasteiger charge is 2.16. The largest absolute Gasteiger partial charge is 0.367 e. The van der Waals surface area contributed by atoms with E-state index in [9.17, 15) is 5.26 Å². The Hall–Kier alpha value is -1.67. The van der Waals surface area contributed by atoms with Crippen molar-refractivity contribution in [3.05, 3.63) is 16.8 Å². The van der Waals surface area contributed by atoms with Crippen molar-refractivity contribution in [2.45, 2.75) is 33.6 Å². The summed E-state index contributed by atoms with van der Waals surface area (Å²) in [7, 11) is 0. The molecule has 2 heterocycles. The monoisotopic (exact) mass is 273 g/mol. The predicted octanol–water partition coefficient (Wildman–Crippen LogP) is 2.11. The lowest BCUT2D eigenvalue weighted by atomic mass is 10.1. The van der Waals surface area contributed by atoms with Gasteiger partial charge < -0.3 is 10.2 Å². The van der Waals surface area contributed by atoms with Crippen molar-refractivity contribution in [1.82, 2.24) is 15.1 Å². The van der Waals surface area contributed by atoms with E-state index in [0.717, 1.165) is 24.3 Å². The van der Waals surface area contributed by atoms with E-state index in [1.807, 2.05) is 13.8 Å². The maximum atomic E-state index is 9.25. The van der Waals surface area contributed by atoms with Gasteiger partial charge in [0.2, 0.25) is 0 Å². The van der Waals surface area contributed by atoms with Gasteiger partial charge in [0.05, 0.1) is 5.69 Å². The number of hydrogen-bond acceptors (Lipinski definition) is 5. The van der Waals surface area contributed by atoms with Crippen LogP contribution in [0.2, 0.25) is 0 Å². The molecule has 5 nitrogen and oxygen atoms in total. The lowest BCUT2D eigenvalue weighted by Gasteiger charge is -2.21. The molecule has 0 radical (unpaired) electrons. The van der Waals surface area contributed by atoms with Crippen molar-refractivity contribution in [3.63, 3.8) is 0 Å². The second-order valence-electron chi connectivity index (χ2n) is 5.74. The average molecular weight is 273 g/mol. The van der Waals surface area contributed by atoms with Gasteiger partial charge in [-0.2, -0.15) is 10.4 Å². The summed E-state index contributed by atoms with van der Waals surface area (Å²) in [4.78, 5) is 2.50. The van der Waals surface area contributed by atoms with Crippen LogP contribution in [0.15, 0.2) is 0 Å². The van der Waals surface area contributed by atoms with E-state index in [-0.39, 0.29) is 0 Å². The number of aromatic nitrogens is 2. The minimum atomic E-state index is 0.531. The summed E-state index contributed by atoms with van der Waals surface area (Å²) < 4.78 is 0. The Balaban J connectivity index is 1.93. The lowest BCUT2D eigenvalue weighted by molar-refractivity contribution is 0.294. The van der Waals surface area contributed by atoms with Crippen LogP contribution < -0.4 is 5.32 Å². The first-order valence-corrected chi connectivity index (χ1v) is 7.32. The maximum absolute atomic E-state index is 9.25. The molecule has 0 spiro atoms. The number of nitriles is 1. The van der Waals surface area contributed by atoms with Crippen molar-refractivity contribution in [1.29, 1.82) is 5.26 Å². The highest BCUT2D eigenvalue weighted by atomic mass is 15.2. The first-order chi connectivity index (χ1) is 9.61. The third-order valence-electron chi connectivity index (χ3n) is 3.95. The molecule has 0 saturated carbocycles. The molecule has 1 aliphatic heterocycles. The molecule has 0 amide bonds. The molecule has 108 valence electrons. The predicted molar refractivity (Wildman–Crippen MR) is 79.5 cm³/mol. The molecule has 1 unspecified atom stereocenters. The molecule has 5 heteroatoms. The summed E-state index contributed by atoms with van der Waals surface area (Å²) in [5.41, 5.74) is 2.35. The number of likely N-dealkylation sites (tertiary alicyclic amines) is 1. The van der Waals surface area contributed by atoms with E-state index < -0.39 is 0 Å². The van der Waals surface area contributed by atoms with Gasteiger partial charge in [0, 0.05) is 13.1 Å². The third-order valence-corrected chi connectivity index (χ3v) is 3.95. The van der Waals surface area contributed by atoms with Crippen LogP contribution in [0.25, 0.3) is 0 Å². The quantitative estimate of drug-likeness (QED) is 0.890. The molecule has 1 saturated heterocycles. The molecular weight excluding hydrogens is 250 g/mol. The standard InChI is InChI=1S/C15H23N5/c1-11(10-20-6-4-5-7-20)9-17-15-14(8-16)12(2)13(3)18-19-15/h11H,4-7,9-10H2,1-3H3,(H,17,19). The highest BCUT2D eigenvalue weighted by molar-refractivity contribution is 5.55. The lowest BCUT2D eigenvalue weighted by Crippen LogP contribution is -2.29. The molecule has 0 aromatic carbocycles. The second kappa shape index (κ2) is 6.67. The Morgan fingerprint density at radius 2 is 2.00 bits per heavy atom. The molecule has 20 heavy (non-hydrogen) atoms. The fourth-order valence-corrected chi connectivity index (χ4v) is 2.61. The van der Waals surface area contributed by atoms with Crippen LogP contribution >= 0.6 is 0 Å². The molecule has 1 aliphatic rings. The fraction of sp³-hybridized carbons (Fsp3) is 0.667. The van der Waals surface area contributed by atoms with Crippen LogP contribution in [-0.4, -0.2) is 41.3 Å². The van der Waals surface area contributed by atoms with Gasteiger partial charge in [-0.25, -0.2) is 0 Å². The number of nitrogens with one attached hydrogen (secondary N) is 1. The summed E-state index contributed by atoms with van der Waals surface area (Å²) in [5.74, 6) is 1.15. The summed E-state index contributed by atoms with van der Waals surface area (Å²) >= 11 is 0. The average Bonchev–Trinajstić information content (AvgIpc) is 2.93. The van der Waals surface area contributed by atoms with Crippen LogP contribution in [0.1, 0.15) is 36.6 Å². The zero-order chi connectivity index (χ0) is 14.5. The van der Waals surface area contributed by atoms with E-state index in [0.29, 0.717) is 17.3 Å². The molecule has 1 atom stereocenters. The Kier molecular flexibility index (Phi) is 4.91. The minimum Gasteiger partial charge on any atom is -0.367 e. The van der Waals surface area contributed by atoms with Crippen molar-refractivity contribution in [2.75, 3.05) is 31.5 Å². The summed E-state index contributed by atoms with van der Waals surface area (Å²) in [5, 5.41) is 20.7. The smallest absolute Gasteiger partial charge is 0.166 e. The van der Waals surface area contributed by atoms with Gasteiger partial charge in [0.1, 0.15) is 11.6 Å². The van der Waals surface area contributed by atoms with Gasteiger partial charge in [-0.3, -0.25) is 0 Å². The number of nitrogens with zero attached hydrogens (tertiary/aromatic N) is 4. The number of aryl methyl sites for hydroxylation is 1. The van der Waals surface area contributed by atoms with Gasteiger partial charge in [0.25, 0.3) is 0 Å². The van der Waals surface area contributed by atoms with E-state index in [1.165, 1.54) is 25.9 Å². The van der Waals surface area contributed by atoms with Crippen molar-refractivity contribution < 1.29 is 0 Å². The number of hydrogen-bond donors (Lipinski definition) is 1. The molecule has 1 N–H and O–H groups in total. The summed E-state index contributed by atoms with van der Waals surface area (Å²) in [6.45, 7) is 10.4. The van der Waals surface area contributed by atoms with E-state index >= 15 is 0 Å². The van der Waals surface area contributed by atoms with Gasteiger partial charge in [0.15, 0.2) is 5.82 Å². The first-order valence-electron chi connectivity index (χ1n) is 7.32. The van der Waals surface area contributed by atoms with Crippen LogP contribution in [0.3, 0.4) is 0 Å². The Morgan fingerprint density at radius 1 is 1.30 bits per heavy atom. The van der Waals surface area contributed by atoms with Gasteiger partial charge in [-0.15, -0.1) is 5.10 Å². The molecule has 2 rings (SSSR count). The van der Waals surface area contributed by atoms with Gasteiger partial charge in [-0.1, -0.05) is 6.92 Å². The van der Waals surface area contributed by atoms with E-state index in [2.05, 4.69) is 33.4 Å². The van der Waals surface area contributed by atoms with E-state index in [1.54, 1.807) is 0 Å². The zero-order valence-electron chi connectivity index (χ0n) is 12.6. The van der Waals surface area contributed by atoms with Crippen molar-refractivity contribution in [2.24, 2.45) is 5.92 Å². The summed E-state index contributed by atoms with van der Waals surface area (Å²) in [6.07, 6.45) is 2.64. The van der Waals surface area contributed by atoms with Crippen LogP contribution in [-0.2, 0) is 0 Å². The minimum absolute atomic E-state index is 0.531. The normalized spacial score (nSPS) is 16.9. The van der Waals surface area contributed by atoms with Crippen LogP contribution in [0, 0.1) is 31.1 Å². The molecule has 1 aromatic rings. The Labute approximate surface area is 121 Å². The molecule has 1 aromatic heterocycles. The van der Waals surface area contributed by atoms with E-state index in [4.69, 9.17) is 0 Å². The Bertz CT molecular complexity index is 500. The number of rotatable bonds is 5. The number of anilines is 1. The maximum Gasteiger partial charge on any atom is 0.166 e. The fourth-order valence-electron chi connectivity index (χ4n) is 2.61. The van der Waals surface area contributed by atoms with Crippen molar-refractivity contribution in [3.8, 4) is 6.07 Å². The molecule has 0 aliphatic carbocycles. The molecular formula is C15H23N5. The Morgan fingerprint density at radius 3 is 2.65 bits per heavy atom. The SMILES string of the molecule is Cc1nnc(NCC(C)CN2CCCC2)c(C#N)c1C. The van der Waals surface area contributed by atoms with Crippen LogP contribution in [0.5, 0.6) is 0 Å².